The molecule has 19 heteroatoms. The second-order valence-corrected chi connectivity index (χ2v) is 22.2. The molecule has 0 fully saturated rings. The molecule has 43 heavy (non-hydrogen) atoms. The Morgan fingerprint density at radius 3 is 0.581 bits per heavy atom. The maximum atomic E-state index is 7.06. The Bertz CT molecular complexity index is 1690. The highest BCUT2D eigenvalue weighted by molar-refractivity contribution is 9.17. The van der Waals surface area contributed by atoms with Gasteiger partial charge in [-0.3, -0.25) is 0 Å². The van der Waals surface area contributed by atoms with Crippen LogP contribution in [0.1, 0.15) is 0 Å². The van der Waals surface area contributed by atoms with E-state index in [2.05, 4.69) is 287 Å². The Balaban J connectivity index is 2.22. The molecule has 0 aliphatic carbocycles. The van der Waals surface area contributed by atoms with E-state index in [1.165, 1.54) is 0 Å². The molecule has 0 spiro atoms. The first-order valence-electron chi connectivity index (χ1n) is 10.3. The third-order valence-corrected chi connectivity index (χ3v) is 27.2. The van der Waals surface area contributed by atoms with Crippen molar-refractivity contribution in [1.29, 1.82) is 0 Å². The van der Waals surface area contributed by atoms with E-state index in [0.29, 0.717) is 20.4 Å². The van der Waals surface area contributed by atoms with Gasteiger partial charge < -0.3 is 4.74 Å². The maximum absolute atomic E-state index is 7.06. The fraction of sp³-hybridized carbons (Fsp3) is 0. The number of rotatable bonds is 4. The molecule has 0 aliphatic rings. The summed E-state index contributed by atoms with van der Waals surface area (Å²) in [6.07, 6.45) is 0. The summed E-state index contributed by atoms with van der Waals surface area (Å²) in [5.74, 6) is 1.05. The molecule has 1 nitrogen and oxygen atoms in total. The Morgan fingerprint density at radius 2 is 0.349 bits per heavy atom. The highest BCUT2D eigenvalue weighted by Gasteiger charge is 2.32. The van der Waals surface area contributed by atoms with Gasteiger partial charge in [-0.05, 0) is 287 Å². The van der Waals surface area contributed by atoms with Crippen LogP contribution in [0.4, 0.5) is 0 Å². The van der Waals surface area contributed by atoms with E-state index in [-0.39, 0.29) is 0 Å². The molecule has 0 saturated heterocycles. The molecule has 4 aromatic carbocycles. The van der Waals surface area contributed by atoms with Gasteiger partial charge in [-0.15, -0.1) is 0 Å². The largest absolute Gasteiger partial charge is 0.454 e. The van der Waals surface area contributed by atoms with Crippen molar-refractivity contribution in [3.05, 3.63) is 80.5 Å². The molecule has 0 bridgehead atoms. The van der Waals surface area contributed by atoms with Crippen LogP contribution in [-0.2, 0) is 0 Å². The van der Waals surface area contributed by atoms with Gasteiger partial charge in [0.2, 0.25) is 0 Å². The first kappa shape index (κ1) is 41.1. The van der Waals surface area contributed by atoms with Crippen molar-refractivity contribution in [2.45, 2.75) is 0 Å². The van der Waals surface area contributed by atoms with Crippen molar-refractivity contribution in [3.8, 4) is 33.8 Å². The third-order valence-electron chi connectivity index (χ3n) is 5.57. The Kier molecular flexibility index (Phi) is 15.8. The van der Waals surface area contributed by atoms with Gasteiger partial charge >= 0.3 is 0 Å². The van der Waals surface area contributed by atoms with Crippen LogP contribution in [0.15, 0.2) is 80.5 Å². The van der Waals surface area contributed by atoms with E-state index < -0.39 is 0 Å². The Labute approximate surface area is 397 Å². The van der Waals surface area contributed by atoms with Crippen LogP contribution in [0.25, 0.3) is 22.3 Å². The first-order valence-corrected chi connectivity index (χ1v) is 24.6. The second-order valence-electron chi connectivity index (χ2n) is 7.91. The zero-order valence-electron chi connectivity index (χ0n) is 19.2. The van der Waals surface area contributed by atoms with Crippen molar-refractivity contribution < 1.29 is 4.74 Å². The van der Waals surface area contributed by atoms with Crippen LogP contribution in [0.3, 0.4) is 0 Å². The minimum atomic E-state index is 0.523. The van der Waals surface area contributed by atoms with Crippen LogP contribution in [0.5, 0.6) is 11.5 Å². The summed E-state index contributed by atoms with van der Waals surface area (Å²) in [4.78, 5) is 0. The zero-order chi connectivity index (χ0) is 32.6. The zero-order valence-corrected chi connectivity index (χ0v) is 47.8. The predicted octanol–water partition coefficient (Wildman–Crippen LogP) is 20.5. The van der Waals surface area contributed by atoms with Crippen molar-refractivity contribution in [2.75, 3.05) is 0 Å². The first-order chi connectivity index (χ1) is 19.9. The minimum absolute atomic E-state index is 0.523. The van der Waals surface area contributed by atoms with Crippen molar-refractivity contribution in [3.63, 3.8) is 0 Å². The SMILES string of the molecule is Brc1c(Br)c(Br)c(-c2c(Br)c(Br)c(Br)c(Br)c2Oc2c(Br)c(Br)c(Br)c(Br)c2-c2c(Br)c(Br)c(Br)c(Br)c2Br)c(Br)c1Br. The molecular weight excluding hydrogens is 1740 g/mol. The Hall–Kier alpha value is 5.32. The van der Waals surface area contributed by atoms with Crippen LogP contribution in [0, 0.1) is 0 Å². The van der Waals surface area contributed by atoms with Gasteiger partial charge in [0, 0.05) is 84.9 Å². The standard InChI is InChI=1S/C24Br18O/c25-5-1(6(26)12(32)17(37)11(5)31)3-9(29)15(35)19(39)21(41)23(3)43-24-4(10(30)16(36)20(40)22(24)42)2-7(27)13(33)18(38)14(34)8(2)28. The highest BCUT2D eigenvalue weighted by atomic mass is 79.9. The summed E-state index contributed by atoms with van der Waals surface area (Å²) < 4.78 is 21.2. The van der Waals surface area contributed by atoms with E-state index >= 15 is 0 Å². The van der Waals surface area contributed by atoms with Crippen molar-refractivity contribution >= 4 is 287 Å². The van der Waals surface area contributed by atoms with E-state index in [1.54, 1.807) is 0 Å². The lowest BCUT2D eigenvalue weighted by atomic mass is 10.0. The summed E-state index contributed by atoms with van der Waals surface area (Å²) in [7, 11) is 0. The van der Waals surface area contributed by atoms with Crippen molar-refractivity contribution in [1.82, 2.24) is 0 Å². The van der Waals surface area contributed by atoms with E-state index in [0.717, 1.165) is 93.8 Å². The average Bonchev–Trinajstić information content (AvgIpc) is 2.98. The van der Waals surface area contributed by atoms with Gasteiger partial charge in [-0.25, -0.2) is 0 Å². The molecule has 4 rings (SSSR count). The molecule has 0 saturated carbocycles. The van der Waals surface area contributed by atoms with Gasteiger partial charge in [0.1, 0.15) is 0 Å². The van der Waals surface area contributed by atoms with Gasteiger partial charge in [0.05, 0.1) is 17.9 Å². The van der Waals surface area contributed by atoms with Crippen molar-refractivity contribution in [2.24, 2.45) is 0 Å². The lowest BCUT2D eigenvalue weighted by molar-refractivity contribution is 0.478. The summed E-state index contributed by atoms with van der Waals surface area (Å²) in [6.45, 7) is 0. The molecule has 0 aliphatic heterocycles. The van der Waals surface area contributed by atoms with Crippen LogP contribution in [0.2, 0.25) is 0 Å². The molecule has 0 atom stereocenters. The summed E-state index contributed by atoms with van der Waals surface area (Å²) in [5, 5.41) is 0. The number of benzene rings is 4. The molecule has 228 valence electrons. The van der Waals surface area contributed by atoms with Gasteiger partial charge in [-0.1, -0.05) is 0 Å². The summed E-state index contributed by atoms with van der Waals surface area (Å²) in [6, 6.07) is 0. The summed E-state index contributed by atoms with van der Waals surface area (Å²) in [5.41, 5.74) is 3.14. The molecule has 0 radical (unpaired) electrons. The molecule has 0 heterocycles. The van der Waals surface area contributed by atoms with Crippen LogP contribution >= 0.6 is 287 Å². The number of ether oxygens (including phenoxy) is 1. The second kappa shape index (κ2) is 16.6. The lowest BCUT2D eigenvalue weighted by Crippen LogP contribution is -2.00. The number of halogens is 18. The average molecular weight is 1740 g/mol. The predicted molar refractivity (Wildman–Crippen MR) is 242 cm³/mol. The minimum Gasteiger partial charge on any atom is -0.454 e. The van der Waals surface area contributed by atoms with E-state index in [1.807, 2.05) is 0 Å². The van der Waals surface area contributed by atoms with Gasteiger partial charge in [0.25, 0.3) is 0 Å². The lowest BCUT2D eigenvalue weighted by Gasteiger charge is -2.25. The molecule has 0 amide bonds. The molecule has 0 N–H and O–H groups in total. The van der Waals surface area contributed by atoms with E-state index in [9.17, 15) is 0 Å². The third kappa shape index (κ3) is 7.57. The maximum Gasteiger partial charge on any atom is 0.151 e. The number of hydrogen-bond acceptors (Lipinski definition) is 1. The van der Waals surface area contributed by atoms with Crippen LogP contribution in [-0.4, -0.2) is 0 Å². The van der Waals surface area contributed by atoms with E-state index in [4.69, 9.17) is 4.74 Å². The fourth-order valence-corrected chi connectivity index (χ4v) is 15.2. The number of hydrogen-bond donors (Lipinski definition) is 0. The van der Waals surface area contributed by atoms with Gasteiger partial charge in [0.15, 0.2) is 11.5 Å². The normalized spacial score (nSPS) is 11.5. The van der Waals surface area contributed by atoms with Gasteiger partial charge in [-0.2, -0.15) is 0 Å². The molecule has 0 unspecified atom stereocenters. The summed E-state index contributed by atoms with van der Waals surface area (Å²) >= 11 is 67.7. The molecule has 0 aromatic heterocycles. The highest BCUT2D eigenvalue weighted by Crippen LogP contribution is 2.61. The molecule has 4 aromatic rings. The Morgan fingerprint density at radius 1 is 0.186 bits per heavy atom. The van der Waals surface area contributed by atoms with Crippen LogP contribution < -0.4 is 4.74 Å². The quantitative estimate of drug-likeness (QED) is 0.146. The smallest absolute Gasteiger partial charge is 0.151 e. The topological polar surface area (TPSA) is 9.23 Å². The fourth-order valence-electron chi connectivity index (χ4n) is 3.61. The monoisotopic (exact) mass is 1720 g/mol. The molecular formula is C24Br18O.